The van der Waals surface area contributed by atoms with Crippen LogP contribution in [0.2, 0.25) is 0 Å². The Labute approximate surface area is 90.2 Å². The first kappa shape index (κ1) is 10.2. The monoisotopic (exact) mass is 203 g/mol. The van der Waals surface area contributed by atoms with Crippen molar-refractivity contribution in [1.29, 1.82) is 0 Å². The smallest absolute Gasteiger partial charge is 0.131 e. The lowest BCUT2D eigenvalue weighted by atomic mass is 9.89. The lowest BCUT2D eigenvalue weighted by Crippen LogP contribution is -2.21. The molecule has 3 nitrogen and oxygen atoms in total. The number of pyridine rings is 1. The highest BCUT2D eigenvalue weighted by Gasteiger charge is 2.15. The van der Waals surface area contributed by atoms with Gasteiger partial charge in [0.2, 0.25) is 0 Å². The molecule has 4 N–H and O–H groups in total. The maximum absolute atomic E-state index is 5.90. The quantitative estimate of drug-likeness (QED) is 0.732. The summed E-state index contributed by atoms with van der Waals surface area (Å²) in [5, 5.41) is 0. The van der Waals surface area contributed by atoms with Gasteiger partial charge < -0.3 is 11.5 Å². The zero-order valence-electron chi connectivity index (χ0n) is 9.03. The molecule has 15 heavy (non-hydrogen) atoms. The standard InChI is InChI=1S/C12H17N3/c1-8-6-7-15-12(14)11(8)9-2-4-10(13)5-3-9/h2,6-7,10H,3-5,13H2,1H3,(H2,14,15). The van der Waals surface area contributed by atoms with Crippen LogP contribution < -0.4 is 11.5 Å². The highest BCUT2D eigenvalue weighted by Crippen LogP contribution is 2.31. The number of hydrogen-bond acceptors (Lipinski definition) is 3. The van der Waals surface area contributed by atoms with Crippen molar-refractivity contribution in [3.8, 4) is 0 Å². The highest BCUT2D eigenvalue weighted by atomic mass is 14.8. The minimum atomic E-state index is 0.312. The number of allylic oxidation sites excluding steroid dienone is 1. The molecule has 1 aromatic heterocycles. The van der Waals surface area contributed by atoms with Crippen LogP contribution in [0.25, 0.3) is 5.57 Å². The van der Waals surface area contributed by atoms with Crippen LogP contribution in [0.3, 0.4) is 0 Å². The van der Waals surface area contributed by atoms with Crippen molar-refractivity contribution >= 4 is 11.4 Å². The average Bonchev–Trinajstić information content (AvgIpc) is 2.20. The highest BCUT2D eigenvalue weighted by molar-refractivity contribution is 5.75. The molecule has 0 spiro atoms. The van der Waals surface area contributed by atoms with Gasteiger partial charge in [-0.3, -0.25) is 0 Å². The van der Waals surface area contributed by atoms with Gasteiger partial charge in [-0.25, -0.2) is 4.98 Å². The van der Waals surface area contributed by atoms with Crippen molar-refractivity contribution in [2.75, 3.05) is 5.73 Å². The largest absolute Gasteiger partial charge is 0.383 e. The molecule has 0 aliphatic heterocycles. The van der Waals surface area contributed by atoms with Crippen molar-refractivity contribution < 1.29 is 0 Å². The molecule has 3 heteroatoms. The third-order valence-corrected chi connectivity index (χ3v) is 2.96. The molecular weight excluding hydrogens is 186 g/mol. The van der Waals surface area contributed by atoms with E-state index in [0.29, 0.717) is 11.9 Å². The minimum absolute atomic E-state index is 0.312. The molecule has 1 aliphatic rings. The summed E-state index contributed by atoms with van der Waals surface area (Å²) in [5.41, 5.74) is 15.4. The maximum Gasteiger partial charge on any atom is 0.131 e. The second-order valence-electron chi connectivity index (χ2n) is 4.15. The molecule has 1 heterocycles. The topological polar surface area (TPSA) is 64.9 Å². The number of anilines is 1. The molecule has 0 saturated carbocycles. The summed E-state index contributed by atoms with van der Waals surface area (Å²) in [6.07, 6.45) is 6.96. The van der Waals surface area contributed by atoms with Crippen LogP contribution in [0, 0.1) is 6.92 Å². The van der Waals surface area contributed by atoms with E-state index in [2.05, 4.69) is 18.0 Å². The summed E-state index contributed by atoms with van der Waals surface area (Å²) in [4.78, 5) is 4.14. The second kappa shape index (κ2) is 4.03. The Hall–Kier alpha value is -1.35. The molecule has 0 fully saturated rings. The Kier molecular flexibility index (Phi) is 2.73. The molecule has 0 radical (unpaired) electrons. The molecule has 0 saturated heterocycles. The van der Waals surface area contributed by atoms with Crippen molar-refractivity contribution in [2.45, 2.75) is 32.2 Å². The summed E-state index contributed by atoms with van der Waals surface area (Å²) in [6.45, 7) is 2.07. The third kappa shape index (κ3) is 2.02. The average molecular weight is 203 g/mol. The van der Waals surface area contributed by atoms with Crippen molar-refractivity contribution in [1.82, 2.24) is 4.98 Å². The molecule has 1 aromatic rings. The number of rotatable bonds is 1. The molecule has 1 aliphatic carbocycles. The lowest BCUT2D eigenvalue weighted by molar-refractivity contribution is 0.614. The van der Waals surface area contributed by atoms with Gasteiger partial charge in [-0.15, -0.1) is 0 Å². The van der Waals surface area contributed by atoms with E-state index in [4.69, 9.17) is 11.5 Å². The van der Waals surface area contributed by atoms with Crippen LogP contribution in [-0.2, 0) is 0 Å². The third-order valence-electron chi connectivity index (χ3n) is 2.96. The number of aryl methyl sites for hydroxylation is 1. The van der Waals surface area contributed by atoms with Gasteiger partial charge >= 0.3 is 0 Å². The van der Waals surface area contributed by atoms with Gasteiger partial charge in [0.05, 0.1) is 0 Å². The Bertz CT molecular complexity index is 376. The summed E-state index contributed by atoms with van der Waals surface area (Å²) in [7, 11) is 0. The fourth-order valence-corrected chi connectivity index (χ4v) is 2.08. The molecule has 80 valence electrons. The predicted molar refractivity (Wildman–Crippen MR) is 63.2 cm³/mol. The zero-order chi connectivity index (χ0) is 10.8. The SMILES string of the molecule is Cc1ccnc(N)c1C1=CCC(N)CC1. The molecule has 0 bridgehead atoms. The number of nitrogen functional groups attached to an aromatic ring is 1. The normalized spacial score (nSPS) is 21.2. The van der Waals surface area contributed by atoms with Gasteiger partial charge in [0.15, 0.2) is 0 Å². The van der Waals surface area contributed by atoms with Crippen LogP contribution in [0.15, 0.2) is 18.3 Å². The fraction of sp³-hybridized carbons (Fsp3) is 0.417. The molecule has 1 unspecified atom stereocenters. The lowest BCUT2D eigenvalue weighted by Gasteiger charge is -2.20. The van der Waals surface area contributed by atoms with Crippen LogP contribution in [0.4, 0.5) is 5.82 Å². The van der Waals surface area contributed by atoms with Gasteiger partial charge in [-0.2, -0.15) is 0 Å². The Morgan fingerprint density at radius 3 is 2.87 bits per heavy atom. The Balaban J connectivity index is 2.38. The summed E-state index contributed by atoms with van der Waals surface area (Å²) >= 11 is 0. The molecule has 0 amide bonds. The van der Waals surface area contributed by atoms with Gasteiger partial charge in [0.1, 0.15) is 5.82 Å². The Morgan fingerprint density at radius 1 is 1.47 bits per heavy atom. The van der Waals surface area contributed by atoms with Crippen molar-refractivity contribution in [2.24, 2.45) is 5.73 Å². The number of nitrogens with zero attached hydrogens (tertiary/aromatic N) is 1. The Morgan fingerprint density at radius 2 is 2.27 bits per heavy atom. The van der Waals surface area contributed by atoms with Crippen LogP contribution in [0.5, 0.6) is 0 Å². The van der Waals surface area contributed by atoms with Crippen LogP contribution in [0.1, 0.15) is 30.4 Å². The predicted octanol–water partition coefficient (Wildman–Crippen LogP) is 1.87. The summed E-state index contributed by atoms with van der Waals surface area (Å²) < 4.78 is 0. The van der Waals surface area contributed by atoms with E-state index in [0.717, 1.165) is 24.8 Å². The fourth-order valence-electron chi connectivity index (χ4n) is 2.08. The summed E-state index contributed by atoms with van der Waals surface area (Å²) in [6, 6.07) is 2.31. The molecule has 2 rings (SSSR count). The van der Waals surface area contributed by atoms with Crippen LogP contribution in [-0.4, -0.2) is 11.0 Å². The number of aromatic nitrogens is 1. The first-order chi connectivity index (χ1) is 7.18. The maximum atomic E-state index is 5.90. The molecule has 0 aromatic carbocycles. The van der Waals surface area contributed by atoms with Crippen molar-refractivity contribution in [3.05, 3.63) is 29.5 Å². The summed E-state index contributed by atoms with van der Waals surface area (Å²) in [5.74, 6) is 0.636. The van der Waals surface area contributed by atoms with E-state index in [1.807, 2.05) is 6.07 Å². The van der Waals surface area contributed by atoms with E-state index < -0.39 is 0 Å². The van der Waals surface area contributed by atoms with Crippen LogP contribution >= 0.6 is 0 Å². The molecule has 1 atom stereocenters. The number of nitrogens with two attached hydrogens (primary N) is 2. The molecular formula is C12H17N3. The first-order valence-electron chi connectivity index (χ1n) is 5.34. The van der Waals surface area contributed by atoms with E-state index >= 15 is 0 Å². The van der Waals surface area contributed by atoms with E-state index in [1.165, 1.54) is 11.1 Å². The van der Waals surface area contributed by atoms with E-state index in [-0.39, 0.29) is 0 Å². The van der Waals surface area contributed by atoms with E-state index in [1.54, 1.807) is 6.20 Å². The van der Waals surface area contributed by atoms with Gasteiger partial charge in [-0.05, 0) is 43.4 Å². The van der Waals surface area contributed by atoms with Gasteiger partial charge in [-0.1, -0.05) is 6.08 Å². The van der Waals surface area contributed by atoms with Gasteiger partial charge in [0.25, 0.3) is 0 Å². The minimum Gasteiger partial charge on any atom is -0.383 e. The zero-order valence-corrected chi connectivity index (χ0v) is 9.03. The first-order valence-corrected chi connectivity index (χ1v) is 5.34. The van der Waals surface area contributed by atoms with Gasteiger partial charge in [0, 0.05) is 17.8 Å². The van der Waals surface area contributed by atoms with Crippen molar-refractivity contribution in [3.63, 3.8) is 0 Å². The second-order valence-corrected chi connectivity index (χ2v) is 4.15. The van der Waals surface area contributed by atoms with E-state index in [9.17, 15) is 0 Å². The number of hydrogen-bond donors (Lipinski definition) is 2.